The molecule has 0 atom stereocenters. The molecule has 3 heteroatoms. The first-order valence-electron chi connectivity index (χ1n) is 1.61. The highest BCUT2D eigenvalue weighted by atomic mass is 32.2. The van der Waals surface area contributed by atoms with E-state index >= 15 is 0 Å². The predicted molar refractivity (Wildman–Crippen MR) is 24.7 cm³/mol. The molecule has 0 radical (unpaired) electrons. The quantitative estimate of drug-likeness (QED) is 0.454. The van der Waals surface area contributed by atoms with Gasteiger partial charge in [0.15, 0.2) is 0 Å². The zero-order valence-corrected chi connectivity index (χ0v) is 4.00. The van der Waals surface area contributed by atoms with E-state index in [9.17, 15) is 4.39 Å². The summed E-state index contributed by atoms with van der Waals surface area (Å²) in [5.74, 6) is 1.47. The first kappa shape index (κ1) is 6.21. The van der Waals surface area contributed by atoms with E-state index in [4.69, 9.17) is 0 Å². The first-order chi connectivity index (χ1) is 2.39. The van der Waals surface area contributed by atoms with Crippen molar-refractivity contribution in [2.24, 2.45) is 0 Å². The van der Waals surface area contributed by atoms with Crippen LogP contribution in [0.5, 0.6) is 0 Å². The van der Waals surface area contributed by atoms with Gasteiger partial charge in [0.1, 0.15) is 6.17 Å². The predicted octanol–water partition coefficient (Wildman–Crippen LogP) is 1.22. The van der Waals surface area contributed by atoms with Gasteiger partial charge in [-0.05, 0) is 0 Å². The maximum Gasteiger partial charge on any atom is 0.118 e. The molecule has 0 unspecified atom stereocenters. The van der Waals surface area contributed by atoms with Crippen molar-refractivity contribution in [3.05, 3.63) is 0 Å². The maximum absolute atomic E-state index is 11.5. The largest absolute Gasteiger partial charge is 0.269 e. The fourth-order valence-corrected chi connectivity index (χ4v) is 0.621. The minimum atomic E-state index is -0.472. The minimum absolute atomic E-state index is 0. The van der Waals surface area contributed by atoms with Crippen molar-refractivity contribution in [3.8, 4) is 0 Å². The Hall–Kier alpha value is 0.210. The second kappa shape index (κ2) is 2.39. The second-order valence-corrected chi connectivity index (χ2v) is 2.21. The normalized spacial score (nSPS) is 21.5. The van der Waals surface area contributed by atoms with E-state index in [-0.39, 0.29) is 4.70 Å². The van der Waals surface area contributed by atoms with E-state index in [1.807, 2.05) is 0 Å². The van der Waals surface area contributed by atoms with Crippen LogP contribution < -0.4 is 0 Å². The topological polar surface area (TPSA) is 0 Å². The smallest absolute Gasteiger partial charge is 0.118 e. The molecule has 0 bridgehead atoms. The maximum atomic E-state index is 11.5. The van der Waals surface area contributed by atoms with Crippen molar-refractivity contribution in [3.63, 3.8) is 0 Å². The summed E-state index contributed by atoms with van der Waals surface area (Å²) in [4.78, 5) is 0. The molecule has 0 saturated carbocycles. The van der Waals surface area contributed by atoms with Crippen molar-refractivity contribution in [1.29, 1.82) is 0 Å². The lowest BCUT2D eigenvalue weighted by atomic mass is 10.5. The Labute approximate surface area is 39.5 Å². The highest BCUT2D eigenvalue weighted by Crippen LogP contribution is 2.19. The Morgan fingerprint density at radius 1 is 1.50 bits per heavy atom. The van der Waals surface area contributed by atoms with Crippen LogP contribution in [0.25, 0.3) is 0 Å². The molecule has 1 aliphatic rings. The van der Waals surface area contributed by atoms with E-state index in [0.717, 1.165) is 11.5 Å². The van der Waals surface area contributed by atoms with Gasteiger partial charge in [-0.25, -0.2) is 4.39 Å². The van der Waals surface area contributed by atoms with E-state index in [1.54, 1.807) is 11.8 Å². The Bertz CT molecular complexity index is 35.8. The zero-order valence-electron chi connectivity index (χ0n) is 3.19. The molecule has 0 nitrogen and oxygen atoms in total. The molecule has 0 aromatic rings. The molecular formula is C3H6F2S. The van der Waals surface area contributed by atoms with Gasteiger partial charge in [-0.3, -0.25) is 4.70 Å². The minimum Gasteiger partial charge on any atom is -0.269 e. The molecule has 1 saturated heterocycles. The van der Waals surface area contributed by atoms with Crippen LogP contribution in [0.2, 0.25) is 0 Å². The van der Waals surface area contributed by atoms with Crippen LogP contribution >= 0.6 is 11.8 Å². The van der Waals surface area contributed by atoms with E-state index < -0.39 is 6.17 Å². The lowest BCUT2D eigenvalue weighted by Gasteiger charge is -2.14. The molecule has 0 N–H and O–H groups in total. The molecule has 1 rings (SSSR count). The summed E-state index contributed by atoms with van der Waals surface area (Å²) in [6.07, 6.45) is -0.472. The van der Waals surface area contributed by atoms with Gasteiger partial charge in [0, 0.05) is 11.5 Å². The summed E-state index contributed by atoms with van der Waals surface area (Å²) >= 11 is 1.67. The number of halogens is 2. The van der Waals surface area contributed by atoms with Crippen LogP contribution in [0, 0.1) is 0 Å². The van der Waals surface area contributed by atoms with Gasteiger partial charge in [-0.1, -0.05) is 0 Å². The number of hydrogen-bond acceptors (Lipinski definition) is 1. The fraction of sp³-hybridized carbons (Fsp3) is 1.00. The van der Waals surface area contributed by atoms with Crippen molar-refractivity contribution in [2.75, 3.05) is 11.5 Å². The Balaban J connectivity index is 0.000000250. The molecule has 0 aromatic heterocycles. The van der Waals surface area contributed by atoms with Gasteiger partial charge >= 0.3 is 0 Å². The van der Waals surface area contributed by atoms with Gasteiger partial charge in [0.2, 0.25) is 0 Å². The lowest BCUT2D eigenvalue weighted by Crippen LogP contribution is -2.17. The van der Waals surface area contributed by atoms with Crippen molar-refractivity contribution in [1.82, 2.24) is 0 Å². The van der Waals surface area contributed by atoms with Crippen LogP contribution in [-0.4, -0.2) is 17.7 Å². The third-order valence-corrected chi connectivity index (χ3v) is 1.79. The number of rotatable bonds is 0. The standard InChI is InChI=1S/C3H5FS.FH/c4-3-1-5-2-3;/h3H,1-2H2;1H. The van der Waals surface area contributed by atoms with Gasteiger partial charge < -0.3 is 0 Å². The summed E-state index contributed by atoms with van der Waals surface area (Å²) in [7, 11) is 0. The summed E-state index contributed by atoms with van der Waals surface area (Å²) in [5, 5.41) is 0. The van der Waals surface area contributed by atoms with Gasteiger partial charge in [0.25, 0.3) is 0 Å². The zero-order chi connectivity index (χ0) is 3.70. The third-order valence-electron chi connectivity index (χ3n) is 0.597. The van der Waals surface area contributed by atoms with Crippen LogP contribution in [-0.2, 0) is 0 Å². The number of alkyl halides is 1. The SMILES string of the molecule is F.FC1CSC1. The Morgan fingerprint density at radius 3 is 1.83 bits per heavy atom. The van der Waals surface area contributed by atoms with Gasteiger partial charge in [-0.15, -0.1) is 0 Å². The van der Waals surface area contributed by atoms with Crippen molar-refractivity contribution < 1.29 is 9.09 Å². The van der Waals surface area contributed by atoms with E-state index in [2.05, 4.69) is 0 Å². The molecule has 0 spiro atoms. The third kappa shape index (κ3) is 1.12. The average Bonchev–Trinajstić information content (AvgIpc) is 1.30. The van der Waals surface area contributed by atoms with E-state index in [0.29, 0.717) is 0 Å². The molecule has 1 heterocycles. The lowest BCUT2D eigenvalue weighted by molar-refractivity contribution is 0.388. The molecule has 1 fully saturated rings. The fourth-order valence-electron chi connectivity index (χ4n) is 0.207. The summed E-state index contributed by atoms with van der Waals surface area (Å²) in [6.45, 7) is 0. The Kier molecular flexibility index (Phi) is 2.48. The first-order valence-corrected chi connectivity index (χ1v) is 2.77. The molecule has 0 amide bonds. The molecule has 0 aliphatic carbocycles. The monoisotopic (exact) mass is 112 g/mol. The number of hydrogen-bond donors (Lipinski definition) is 0. The highest BCUT2D eigenvalue weighted by molar-refractivity contribution is 8.00. The average molecular weight is 112 g/mol. The van der Waals surface area contributed by atoms with Crippen LogP contribution in [0.3, 0.4) is 0 Å². The summed E-state index contributed by atoms with van der Waals surface area (Å²) in [6, 6.07) is 0. The van der Waals surface area contributed by atoms with Gasteiger partial charge in [0.05, 0.1) is 0 Å². The van der Waals surface area contributed by atoms with Crippen LogP contribution in [0.1, 0.15) is 0 Å². The van der Waals surface area contributed by atoms with Crippen molar-refractivity contribution >= 4 is 11.8 Å². The highest BCUT2D eigenvalue weighted by Gasteiger charge is 2.14. The molecule has 1 aliphatic heterocycles. The summed E-state index contributed by atoms with van der Waals surface area (Å²) < 4.78 is 11.5. The van der Waals surface area contributed by atoms with Crippen LogP contribution in [0.15, 0.2) is 0 Å². The molecule has 6 heavy (non-hydrogen) atoms. The molecule has 0 aromatic carbocycles. The van der Waals surface area contributed by atoms with E-state index in [1.165, 1.54) is 0 Å². The van der Waals surface area contributed by atoms with Crippen LogP contribution in [0.4, 0.5) is 9.09 Å². The van der Waals surface area contributed by atoms with Crippen molar-refractivity contribution in [2.45, 2.75) is 6.17 Å². The Morgan fingerprint density at radius 2 is 1.83 bits per heavy atom. The second-order valence-electron chi connectivity index (χ2n) is 1.13. The van der Waals surface area contributed by atoms with Gasteiger partial charge in [-0.2, -0.15) is 11.8 Å². The molecular weight excluding hydrogens is 106 g/mol. The molecule has 38 valence electrons. The summed E-state index contributed by atoms with van der Waals surface area (Å²) in [5.41, 5.74) is 0. The number of thioether (sulfide) groups is 1.